The molecule has 3 aliphatic carbocycles. The molecule has 3 aliphatic rings. The van der Waals surface area contributed by atoms with E-state index in [0.717, 1.165) is 18.3 Å². The summed E-state index contributed by atoms with van der Waals surface area (Å²) >= 11 is 0. The number of hydrogen-bond acceptors (Lipinski definition) is 2. The topological polar surface area (TPSA) is 26.3 Å². The van der Waals surface area contributed by atoms with Crippen molar-refractivity contribution in [2.45, 2.75) is 85.5 Å². The van der Waals surface area contributed by atoms with E-state index in [2.05, 4.69) is 27.7 Å². The van der Waals surface area contributed by atoms with E-state index >= 15 is 0 Å². The molecule has 3 fully saturated rings. The van der Waals surface area contributed by atoms with Crippen molar-refractivity contribution < 1.29 is 9.53 Å². The van der Waals surface area contributed by atoms with Crippen LogP contribution < -0.4 is 0 Å². The number of carbonyl (C=O) groups is 1. The number of methoxy groups -OCH3 is 1. The van der Waals surface area contributed by atoms with Crippen LogP contribution in [0.25, 0.3) is 0 Å². The standard InChI is InChI=1S/C21H36O2/c1-6-21-13-10-16-19(3,17(21)9-8-15(2)14-21)11-7-12-20(16,4)18(22)23-5/h15-17H,6-14H2,1-5H3/t15-,16?,17?,19-,20-,21-/m1/s1. The highest BCUT2D eigenvalue weighted by molar-refractivity contribution is 5.77. The predicted molar refractivity (Wildman–Crippen MR) is 94.0 cm³/mol. The highest BCUT2D eigenvalue weighted by Crippen LogP contribution is 2.68. The molecule has 0 saturated heterocycles. The molecule has 6 atom stereocenters. The minimum absolute atomic E-state index is 0.0431. The van der Waals surface area contributed by atoms with Crippen molar-refractivity contribution in [2.24, 2.45) is 34.0 Å². The number of fused-ring (bicyclic) bond motifs is 3. The van der Waals surface area contributed by atoms with Crippen molar-refractivity contribution in [1.29, 1.82) is 0 Å². The van der Waals surface area contributed by atoms with Gasteiger partial charge in [-0.05, 0) is 74.0 Å². The number of esters is 1. The quantitative estimate of drug-likeness (QED) is 0.619. The number of hydrogen-bond donors (Lipinski definition) is 0. The van der Waals surface area contributed by atoms with Crippen LogP contribution >= 0.6 is 0 Å². The highest BCUT2D eigenvalue weighted by atomic mass is 16.5. The van der Waals surface area contributed by atoms with Gasteiger partial charge in [-0.3, -0.25) is 4.79 Å². The van der Waals surface area contributed by atoms with Crippen molar-refractivity contribution in [1.82, 2.24) is 0 Å². The van der Waals surface area contributed by atoms with Gasteiger partial charge in [0.2, 0.25) is 0 Å². The third-order valence-electron chi connectivity index (χ3n) is 8.50. The first-order valence-electron chi connectivity index (χ1n) is 9.91. The van der Waals surface area contributed by atoms with Crippen LogP contribution in [0.4, 0.5) is 0 Å². The molecule has 0 bridgehead atoms. The molecule has 0 amide bonds. The lowest BCUT2D eigenvalue weighted by molar-refractivity contribution is -0.188. The van der Waals surface area contributed by atoms with E-state index < -0.39 is 0 Å². The lowest BCUT2D eigenvalue weighted by Crippen LogP contribution is -2.59. The van der Waals surface area contributed by atoms with Gasteiger partial charge in [0.15, 0.2) is 0 Å². The fraction of sp³-hybridized carbons (Fsp3) is 0.952. The summed E-state index contributed by atoms with van der Waals surface area (Å²) in [6.45, 7) is 9.59. The Morgan fingerprint density at radius 2 is 1.83 bits per heavy atom. The Bertz CT molecular complexity index is 472. The first kappa shape index (κ1) is 17.3. The first-order valence-corrected chi connectivity index (χ1v) is 9.91. The van der Waals surface area contributed by atoms with E-state index in [9.17, 15) is 4.79 Å². The second-order valence-corrected chi connectivity index (χ2v) is 9.51. The molecule has 2 heteroatoms. The van der Waals surface area contributed by atoms with E-state index in [4.69, 9.17) is 4.74 Å². The molecular formula is C21H36O2. The molecule has 23 heavy (non-hydrogen) atoms. The smallest absolute Gasteiger partial charge is 0.311 e. The highest BCUT2D eigenvalue weighted by Gasteiger charge is 2.62. The Morgan fingerprint density at radius 1 is 1.09 bits per heavy atom. The molecule has 0 spiro atoms. The molecule has 0 aliphatic heterocycles. The molecule has 2 unspecified atom stereocenters. The lowest BCUT2D eigenvalue weighted by Gasteiger charge is -2.65. The molecular weight excluding hydrogens is 284 g/mol. The van der Waals surface area contributed by atoms with Gasteiger partial charge in [0.25, 0.3) is 0 Å². The monoisotopic (exact) mass is 320 g/mol. The molecule has 3 saturated carbocycles. The fourth-order valence-corrected chi connectivity index (χ4v) is 7.46. The van der Waals surface area contributed by atoms with Crippen LogP contribution in [0.3, 0.4) is 0 Å². The van der Waals surface area contributed by atoms with Gasteiger partial charge in [-0.1, -0.05) is 40.0 Å². The Kier molecular flexibility index (Phi) is 4.34. The molecule has 0 heterocycles. The summed E-state index contributed by atoms with van der Waals surface area (Å²) < 4.78 is 5.25. The van der Waals surface area contributed by atoms with Crippen LogP contribution in [-0.4, -0.2) is 13.1 Å². The third-order valence-corrected chi connectivity index (χ3v) is 8.50. The number of ether oxygens (including phenoxy) is 1. The predicted octanol–water partition coefficient (Wildman–Crippen LogP) is 5.60. The summed E-state index contributed by atoms with van der Waals surface area (Å²) in [5.41, 5.74) is 0.609. The van der Waals surface area contributed by atoms with E-state index in [1.807, 2.05) is 0 Å². The summed E-state index contributed by atoms with van der Waals surface area (Å²) in [7, 11) is 1.57. The average Bonchev–Trinajstić information content (AvgIpc) is 2.53. The van der Waals surface area contributed by atoms with Crippen molar-refractivity contribution in [3.8, 4) is 0 Å². The maximum atomic E-state index is 12.6. The molecule has 2 nitrogen and oxygen atoms in total. The summed E-state index contributed by atoms with van der Waals surface area (Å²) in [5.74, 6) is 2.23. The maximum absolute atomic E-state index is 12.6. The molecule has 3 rings (SSSR count). The Morgan fingerprint density at radius 3 is 2.48 bits per heavy atom. The van der Waals surface area contributed by atoms with Gasteiger partial charge in [-0.2, -0.15) is 0 Å². The minimum atomic E-state index is -0.259. The second-order valence-electron chi connectivity index (χ2n) is 9.51. The normalized spacial score (nSPS) is 49.9. The average molecular weight is 321 g/mol. The van der Waals surface area contributed by atoms with Gasteiger partial charge in [-0.15, -0.1) is 0 Å². The van der Waals surface area contributed by atoms with Crippen LogP contribution in [0.1, 0.15) is 85.5 Å². The maximum Gasteiger partial charge on any atom is 0.311 e. The van der Waals surface area contributed by atoms with Gasteiger partial charge in [-0.25, -0.2) is 0 Å². The number of rotatable bonds is 2. The van der Waals surface area contributed by atoms with Crippen LogP contribution in [0, 0.1) is 34.0 Å². The van der Waals surface area contributed by atoms with Crippen molar-refractivity contribution in [2.75, 3.05) is 7.11 Å². The van der Waals surface area contributed by atoms with Crippen molar-refractivity contribution >= 4 is 5.97 Å². The van der Waals surface area contributed by atoms with Crippen LogP contribution in [0.5, 0.6) is 0 Å². The van der Waals surface area contributed by atoms with E-state index in [1.165, 1.54) is 51.4 Å². The summed E-state index contributed by atoms with van der Waals surface area (Å²) in [6, 6.07) is 0. The fourth-order valence-electron chi connectivity index (χ4n) is 7.46. The molecule has 0 radical (unpaired) electrons. The van der Waals surface area contributed by atoms with Crippen LogP contribution in [-0.2, 0) is 9.53 Å². The van der Waals surface area contributed by atoms with Gasteiger partial charge in [0.05, 0.1) is 12.5 Å². The lowest BCUT2D eigenvalue weighted by atomic mass is 9.39. The second kappa shape index (κ2) is 5.77. The summed E-state index contributed by atoms with van der Waals surface area (Å²) in [5, 5.41) is 0. The van der Waals surface area contributed by atoms with E-state index in [0.29, 0.717) is 16.7 Å². The Balaban J connectivity index is 1.99. The van der Waals surface area contributed by atoms with Crippen LogP contribution in [0.2, 0.25) is 0 Å². The van der Waals surface area contributed by atoms with E-state index in [1.54, 1.807) is 7.11 Å². The zero-order chi connectivity index (χ0) is 16.9. The summed E-state index contributed by atoms with van der Waals surface area (Å²) in [4.78, 5) is 12.6. The minimum Gasteiger partial charge on any atom is -0.469 e. The Hall–Kier alpha value is -0.530. The third kappa shape index (κ3) is 2.38. The SMILES string of the molecule is CC[C@]12CCC3[C@@](C)(CCC[C@@]3(C)C(=O)OC)C1CC[C@@H](C)C2. The van der Waals surface area contributed by atoms with Gasteiger partial charge >= 0.3 is 5.97 Å². The van der Waals surface area contributed by atoms with Crippen molar-refractivity contribution in [3.05, 3.63) is 0 Å². The zero-order valence-corrected chi connectivity index (χ0v) is 15.9. The molecule has 0 aromatic heterocycles. The zero-order valence-electron chi connectivity index (χ0n) is 15.9. The molecule has 0 N–H and O–H groups in total. The van der Waals surface area contributed by atoms with Gasteiger partial charge in [0.1, 0.15) is 0 Å². The van der Waals surface area contributed by atoms with Gasteiger partial charge in [0, 0.05) is 0 Å². The summed E-state index contributed by atoms with van der Waals surface area (Å²) in [6.07, 6.45) is 11.5. The molecule has 0 aromatic rings. The molecule has 132 valence electrons. The largest absolute Gasteiger partial charge is 0.469 e. The van der Waals surface area contributed by atoms with E-state index in [-0.39, 0.29) is 11.4 Å². The van der Waals surface area contributed by atoms with Gasteiger partial charge < -0.3 is 4.74 Å². The Labute approximate surface area is 142 Å². The molecule has 0 aromatic carbocycles. The number of carbonyl (C=O) groups excluding carboxylic acids is 1. The van der Waals surface area contributed by atoms with Crippen LogP contribution in [0.15, 0.2) is 0 Å². The van der Waals surface area contributed by atoms with Crippen molar-refractivity contribution in [3.63, 3.8) is 0 Å². The first-order chi connectivity index (χ1) is 10.8.